The van der Waals surface area contributed by atoms with Crippen LogP contribution in [0.25, 0.3) is 0 Å². The summed E-state index contributed by atoms with van der Waals surface area (Å²) in [6.45, 7) is 23.1. The van der Waals surface area contributed by atoms with Gasteiger partial charge in [0.2, 0.25) is 0 Å². The van der Waals surface area contributed by atoms with Gasteiger partial charge < -0.3 is 26.6 Å². The minimum absolute atomic E-state index is 0.403. The van der Waals surface area contributed by atoms with Crippen LogP contribution < -0.4 is 21.7 Å². The molecule has 0 amide bonds. The SMILES string of the molecule is C=CNCCNC(=CC)C(C)CN(CCNC(=C)CN)C(=C)CC. The van der Waals surface area contributed by atoms with Gasteiger partial charge in [0.25, 0.3) is 0 Å². The standard InChI is InChI=1S/C19H37N5/c1-7-18(6)24(13-12-22-17(5)14-20)15-16(4)19(8-2)23-11-10-21-9-3/h8-9,16,21-23H,3,5-7,10-15,20H2,1-2,4H3. The van der Waals surface area contributed by atoms with Gasteiger partial charge in [-0.3, -0.25) is 0 Å². The van der Waals surface area contributed by atoms with E-state index in [1.54, 1.807) is 6.20 Å². The van der Waals surface area contributed by atoms with Gasteiger partial charge in [-0.1, -0.05) is 39.7 Å². The molecule has 0 heterocycles. The highest BCUT2D eigenvalue weighted by molar-refractivity contribution is 5.05. The molecule has 5 nitrogen and oxygen atoms in total. The van der Waals surface area contributed by atoms with Crippen molar-refractivity contribution in [3.8, 4) is 0 Å². The molecule has 0 saturated heterocycles. The van der Waals surface area contributed by atoms with Crippen LogP contribution in [0, 0.1) is 5.92 Å². The van der Waals surface area contributed by atoms with Gasteiger partial charge in [0.1, 0.15) is 0 Å². The van der Waals surface area contributed by atoms with E-state index in [0.29, 0.717) is 12.5 Å². The maximum absolute atomic E-state index is 5.56. The summed E-state index contributed by atoms with van der Waals surface area (Å²) in [4.78, 5) is 2.34. The first-order chi connectivity index (χ1) is 11.5. The summed E-state index contributed by atoms with van der Waals surface area (Å²) >= 11 is 0. The lowest BCUT2D eigenvalue weighted by atomic mass is 10.1. The molecular weight excluding hydrogens is 298 g/mol. The lowest BCUT2D eigenvalue weighted by Gasteiger charge is -2.31. The van der Waals surface area contributed by atoms with Crippen molar-refractivity contribution >= 4 is 0 Å². The summed E-state index contributed by atoms with van der Waals surface area (Å²) in [5.41, 5.74) is 8.85. The summed E-state index contributed by atoms with van der Waals surface area (Å²) in [6.07, 6.45) is 4.82. The van der Waals surface area contributed by atoms with Gasteiger partial charge in [-0.25, -0.2) is 0 Å². The molecule has 0 aromatic heterocycles. The molecule has 1 atom stereocenters. The van der Waals surface area contributed by atoms with Gasteiger partial charge >= 0.3 is 0 Å². The van der Waals surface area contributed by atoms with Crippen LogP contribution in [-0.2, 0) is 0 Å². The van der Waals surface area contributed by atoms with E-state index in [0.717, 1.165) is 50.5 Å². The van der Waals surface area contributed by atoms with Crippen LogP contribution in [0.15, 0.2) is 49.1 Å². The van der Waals surface area contributed by atoms with E-state index in [1.165, 1.54) is 5.70 Å². The second-order valence-electron chi connectivity index (χ2n) is 5.83. The molecule has 0 rings (SSSR count). The maximum Gasteiger partial charge on any atom is 0.0348 e. The van der Waals surface area contributed by atoms with Crippen molar-refractivity contribution in [3.63, 3.8) is 0 Å². The molecule has 0 aromatic carbocycles. The minimum Gasteiger partial charge on any atom is -0.390 e. The Morgan fingerprint density at radius 3 is 2.46 bits per heavy atom. The Kier molecular flexibility index (Phi) is 12.5. The van der Waals surface area contributed by atoms with Crippen molar-refractivity contribution in [2.45, 2.75) is 27.2 Å². The number of rotatable bonds is 15. The topological polar surface area (TPSA) is 65.3 Å². The van der Waals surface area contributed by atoms with Gasteiger partial charge in [-0.2, -0.15) is 0 Å². The Balaban J connectivity index is 4.54. The Hall–Kier alpha value is -1.88. The zero-order valence-electron chi connectivity index (χ0n) is 15.8. The van der Waals surface area contributed by atoms with Crippen LogP contribution in [0.4, 0.5) is 0 Å². The van der Waals surface area contributed by atoms with E-state index in [2.05, 4.69) is 67.4 Å². The van der Waals surface area contributed by atoms with Crippen molar-refractivity contribution in [1.82, 2.24) is 20.9 Å². The molecular formula is C19H37N5. The molecule has 0 radical (unpaired) electrons. The molecule has 1 unspecified atom stereocenters. The van der Waals surface area contributed by atoms with Crippen LogP contribution in [0.1, 0.15) is 27.2 Å². The van der Waals surface area contributed by atoms with Crippen molar-refractivity contribution in [2.24, 2.45) is 11.7 Å². The smallest absolute Gasteiger partial charge is 0.0348 e. The Morgan fingerprint density at radius 1 is 1.21 bits per heavy atom. The maximum atomic E-state index is 5.56. The molecule has 5 heteroatoms. The third kappa shape index (κ3) is 9.30. The number of hydrogen-bond acceptors (Lipinski definition) is 5. The predicted octanol–water partition coefficient (Wildman–Crippen LogP) is 2.14. The van der Waals surface area contributed by atoms with Crippen molar-refractivity contribution in [2.75, 3.05) is 39.3 Å². The van der Waals surface area contributed by atoms with Gasteiger partial charge in [-0.05, 0) is 19.5 Å². The Labute approximate surface area is 148 Å². The molecule has 0 spiro atoms. The fourth-order valence-electron chi connectivity index (χ4n) is 2.41. The Morgan fingerprint density at radius 2 is 1.92 bits per heavy atom. The molecule has 0 saturated carbocycles. The fourth-order valence-corrected chi connectivity index (χ4v) is 2.41. The molecule has 5 N–H and O–H groups in total. The van der Waals surface area contributed by atoms with Crippen LogP contribution in [0.5, 0.6) is 0 Å². The summed E-state index contributed by atoms with van der Waals surface area (Å²) < 4.78 is 0. The highest BCUT2D eigenvalue weighted by Crippen LogP contribution is 2.14. The van der Waals surface area contributed by atoms with Gasteiger partial charge in [0, 0.05) is 62.3 Å². The van der Waals surface area contributed by atoms with Crippen molar-refractivity contribution < 1.29 is 0 Å². The normalized spacial score (nSPS) is 12.2. The molecule has 0 aliphatic carbocycles. The van der Waals surface area contributed by atoms with E-state index in [-0.39, 0.29) is 0 Å². The number of nitrogens with one attached hydrogen (secondary N) is 3. The molecule has 0 aliphatic heterocycles. The lowest BCUT2D eigenvalue weighted by Crippen LogP contribution is -2.37. The van der Waals surface area contributed by atoms with Crippen LogP contribution in [-0.4, -0.2) is 44.2 Å². The second kappa shape index (κ2) is 13.5. The average molecular weight is 336 g/mol. The second-order valence-corrected chi connectivity index (χ2v) is 5.83. The molecule has 0 aromatic rings. The summed E-state index contributed by atoms with van der Waals surface area (Å²) in [6, 6.07) is 0. The van der Waals surface area contributed by atoms with Crippen LogP contribution in [0.2, 0.25) is 0 Å². The quantitative estimate of drug-likeness (QED) is 0.345. The van der Waals surface area contributed by atoms with Crippen molar-refractivity contribution in [3.05, 3.63) is 49.1 Å². The zero-order valence-corrected chi connectivity index (χ0v) is 15.8. The van der Waals surface area contributed by atoms with Crippen LogP contribution in [0.3, 0.4) is 0 Å². The number of hydrogen-bond donors (Lipinski definition) is 4. The molecule has 138 valence electrons. The van der Waals surface area contributed by atoms with Crippen LogP contribution >= 0.6 is 0 Å². The van der Waals surface area contributed by atoms with E-state index >= 15 is 0 Å². The molecule has 24 heavy (non-hydrogen) atoms. The zero-order chi connectivity index (χ0) is 18.4. The van der Waals surface area contributed by atoms with E-state index in [4.69, 9.17) is 5.73 Å². The minimum atomic E-state index is 0.403. The lowest BCUT2D eigenvalue weighted by molar-refractivity contribution is 0.301. The first-order valence-corrected chi connectivity index (χ1v) is 8.78. The van der Waals surface area contributed by atoms with E-state index in [9.17, 15) is 0 Å². The van der Waals surface area contributed by atoms with Gasteiger partial charge in [0.05, 0.1) is 0 Å². The number of allylic oxidation sites excluding steroid dienone is 2. The summed E-state index contributed by atoms with van der Waals surface area (Å²) in [5, 5.41) is 9.86. The number of nitrogens with two attached hydrogens (primary N) is 1. The molecule has 0 fully saturated rings. The monoisotopic (exact) mass is 335 g/mol. The first kappa shape index (κ1) is 22.1. The largest absolute Gasteiger partial charge is 0.390 e. The summed E-state index contributed by atoms with van der Waals surface area (Å²) in [7, 11) is 0. The third-order valence-electron chi connectivity index (χ3n) is 3.94. The fraction of sp³-hybridized carbons (Fsp3) is 0.579. The predicted molar refractivity (Wildman–Crippen MR) is 106 cm³/mol. The molecule has 0 bridgehead atoms. The first-order valence-electron chi connectivity index (χ1n) is 8.78. The number of nitrogens with zero attached hydrogens (tertiary/aromatic N) is 1. The van der Waals surface area contributed by atoms with E-state index < -0.39 is 0 Å². The van der Waals surface area contributed by atoms with Gasteiger partial charge in [0.15, 0.2) is 0 Å². The third-order valence-corrected chi connectivity index (χ3v) is 3.94. The Bertz CT molecular complexity index is 414. The van der Waals surface area contributed by atoms with Gasteiger partial charge in [-0.15, -0.1) is 0 Å². The van der Waals surface area contributed by atoms with Crippen molar-refractivity contribution in [1.29, 1.82) is 0 Å². The summed E-state index contributed by atoms with van der Waals surface area (Å²) in [5.74, 6) is 0.403. The van der Waals surface area contributed by atoms with E-state index in [1.807, 2.05) is 0 Å². The highest BCUT2D eigenvalue weighted by atomic mass is 15.2. The average Bonchev–Trinajstić information content (AvgIpc) is 2.59. The highest BCUT2D eigenvalue weighted by Gasteiger charge is 2.14. The molecule has 0 aliphatic rings.